The van der Waals surface area contributed by atoms with Gasteiger partial charge >= 0.3 is 0 Å². The summed E-state index contributed by atoms with van der Waals surface area (Å²) >= 11 is 13.3. The minimum absolute atomic E-state index is 0.00616. The Hall–Kier alpha value is -1.28. The number of nitrogens with one attached hydrogen (secondary N) is 1. The monoisotopic (exact) mass is 314 g/mol. The minimum atomic E-state index is -0.530. The molecule has 6 heteroatoms. The molecule has 0 aliphatic heterocycles. The molecule has 1 unspecified atom stereocenters. The van der Waals surface area contributed by atoms with Crippen molar-refractivity contribution < 1.29 is 4.39 Å². The van der Waals surface area contributed by atoms with E-state index in [1.165, 1.54) is 23.5 Å². The Kier molecular flexibility index (Phi) is 4.31. The van der Waals surface area contributed by atoms with Gasteiger partial charge in [-0.15, -0.1) is 11.3 Å². The summed E-state index contributed by atoms with van der Waals surface area (Å²) in [6.07, 6.45) is 0. The Bertz CT molecular complexity index is 649. The first kappa shape index (κ1) is 14.1. The summed E-state index contributed by atoms with van der Waals surface area (Å²) in [4.78, 5) is 0. The number of hydrogen-bond donors (Lipinski definition) is 1. The van der Waals surface area contributed by atoms with Crippen molar-refractivity contribution in [3.63, 3.8) is 0 Å². The van der Waals surface area contributed by atoms with Gasteiger partial charge in [-0.1, -0.05) is 23.2 Å². The largest absolute Gasteiger partial charge is 0.378 e. The molecule has 0 aliphatic carbocycles. The SMILES string of the molecule is CC(Nc1ccc(F)c(C#N)c1)c1cc(Cl)sc1Cl. The van der Waals surface area contributed by atoms with E-state index < -0.39 is 5.82 Å². The summed E-state index contributed by atoms with van der Waals surface area (Å²) in [5, 5.41) is 11.9. The molecule has 2 aromatic rings. The van der Waals surface area contributed by atoms with Gasteiger partial charge in [-0.3, -0.25) is 0 Å². The van der Waals surface area contributed by atoms with Crippen LogP contribution in [0.1, 0.15) is 24.1 Å². The molecule has 0 saturated carbocycles. The fraction of sp³-hybridized carbons (Fsp3) is 0.154. The number of anilines is 1. The van der Waals surface area contributed by atoms with Gasteiger partial charge in [0, 0.05) is 11.3 Å². The van der Waals surface area contributed by atoms with Gasteiger partial charge in [0.1, 0.15) is 11.9 Å². The highest BCUT2D eigenvalue weighted by atomic mass is 35.5. The van der Waals surface area contributed by atoms with Gasteiger partial charge in [0.2, 0.25) is 0 Å². The first-order valence-corrected chi connectivity index (χ1v) is 6.99. The molecule has 1 aromatic carbocycles. The van der Waals surface area contributed by atoms with E-state index in [-0.39, 0.29) is 11.6 Å². The Labute approximate surface area is 124 Å². The lowest BCUT2D eigenvalue weighted by Crippen LogP contribution is -2.06. The maximum atomic E-state index is 13.2. The summed E-state index contributed by atoms with van der Waals surface area (Å²) < 4.78 is 14.4. The second kappa shape index (κ2) is 5.79. The Balaban J connectivity index is 2.22. The molecule has 1 N–H and O–H groups in total. The number of nitrogens with zero attached hydrogens (tertiary/aromatic N) is 1. The van der Waals surface area contributed by atoms with Crippen LogP contribution < -0.4 is 5.32 Å². The van der Waals surface area contributed by atoms with Crippen molar-refractivity contribution in [3.05, 3.63) is 49.9 Å². The number of benzene rings is 1. The number of nitriles is 1. The van der Waals surface area contributed by atoms with Gasteiger partial charge in [0.25, 0.3) is 0 Å². The van der Waals surface area contributed by atoms with Gasteiger partial charge in [0.05, 0.1) is 20.3 Å². The lowest BCUT2D eigenvalue weighted by atomic mass is 10.1. The number of thiophene rings is 1. The van der Waals surface area contributed by atoms with E-state index in [9.17, 15) is 4.39 Å². The molecule has 0 saturated heterocycles. The molecule has 98 valence electrons. The molecule has 0 aliphatic rings. The predicted molar refractivity (Wildman–Crippen MR) is 77.5 cm³/mol. The number of rotatable bonds is 3. The van der Waals surface area contributed by atoms with Crippen molar-refractivity contribution in [1.29, 1.82) is 5.26 Å². The molecule has 2 nitrogen and oxygen atoms in total. The summed E-state index contributed by atoms with van der Waals surface area (Å²) in [6.45, 7) is 1.92. The summed E-state index contributed by atoms with van der Waals surface area (Å²) in [5.41, 5.74) is 1.54. The van der Waals surface area contributed by atoms with Crippen molar-refractivity contribution in [2.45, 2.75) is 13.0 Å². The third-order valence-corrected chi connectivity index (χ3v) is 4.14. The molecule has 1 aromatic heterocycles. The summed E-state index contributed by atoms with van der Waals surface area (Å²) in [6, 6.07) is 7.81. The Morgan fingerprint density at radius 3 is 2.68 bits per heavy atom. The van der Waals surface area contributed by atoms with Crippen molar-refractivity contribution in [2.24, 2.45) is 0 Å². The van der Waals surface area contributed by atoms with Crippen molar-refractivity contribution in [2.75, 3.05) is 5.32 Å². The molecule has 1 heterocycles. The summed E-state index contributed by atoms with van der Waals surface area (Å²) in [7, 11) is 0. The average Bonchev–Trinajstić information content (AvgIpc) is 2.71. The van der Waals surface area contributed by atoms with Crippen LogP contribution >= 0.6 is 34.5 Å². The normalized spacial score (nSPS) is 11.9. The number of halogens is 3. The standard InChI is InChI=1S/C13H9Cl2FN2S/c1-7(10-5-12(14)19-13(10)15)18-9-2-3-11(16)8(4-9)6-17/h2-5,7,18H,1H3. The molecule has 0 radical (unpaired) electrons. The minimum Gasteiger partial charge on any atom is -0.378 e. The van der Waals surface area contributed by atoms with E-state index in [0.29, 0.717) is 14.4 Å². The van der Waals surface area contributed by atoms with E-state index in [1.807, 2.05) is 6.92 Å². The first-order chi connectivity index (χ1) is 9.01. The second-order valence-corrected chi connectivity index (χ2v) is 6.24. The van der Waals surface area contributed by atoms with Crippen LogP contribution in [-0.4, -0.2) is 0 Å². The van der Waals surface area contributed by atoms with E-state index >= 15 is 0 Å². The van der Waals surface area contributed by atoms with Crippen molar-refractivity contribution in [3.8, 4) is 6.07 Å². The smallest absolute Gasteiger partial charge is 0.141 e. The average molecular weight is 315 g/mol. The van der Waals surface area contributed by atoms with Gasteiger partial charge in [-0.25, -0.2) is 4.39 Å². The fourth-order valence-corrected chi connectivity index (χ4v) is 3.32. The zero-order valence-corrected chi connectivity index (χ0v) is 12.2. The molecular weight excluding hydrogens is 306 g/mol. The van der Waals surface area contributed by atoms with Crippen LogP contribution in [0.5, 0.6) is 0 Å². The first-order valence-electron chi connectivity index (χ1n) is 5.42. The van der Waals surface area contributed by atoms with Crippen LogP contribution in [0.4, 0.5) is 10.1 Å². The van der Waals surface area contributed by atoms with Crippen LogP contribution in [0.15, 0.2) is 24.3 Å². The highest BCUT2D eigenvalue weighted by Gasteiger charge is 2.14. The number of hydrogen-bond acceptors (Lipinski definition) is 3. The molecule has 19 heavy (non-hydrogen) atoms. The third kappa shape index (κ3) is 3.19. The highest BCUT2D eigenvalue weighted by molar-refractivity contribution is 7.20. The molecular formula is C13H9Cl2FN2S. The second-order valence-electron chi connectivity index (χ2n) is 3.95. The topological polar surface area (TPSA) is 35.8 Å². The zero-order valence-electron chi connectivity index (χ0n) is 9.88. The maximum Gasteiger partial charge on any atom is 0.141 e. The van der Waals surface area contributed by atoms with Crippen LogP contribution in [-0.2, 0) is 0 Å². The molecule has 2 rings (SSSR count). The van der Waals surface area contributed by atoms with Gasteiger partial charge in [-0.05, 0) is 31.2 Å². The predicted octanol–water partition coefficient (Wildman–Crippen LogP) is 5.24. The van der Waals surface area contributed by atoms with E-state index in [4.69, 9.17) is 28.5 Å². The molecule has 0 bridgehead atoms. The highest BCUT2D eigenvalue weighted by Crippen LogP contribution is 2.36. The van der Waals surface area contributed by atoms with Crippen LogP contribution in [0, 0.1) is 17.1 Å². The Morgan fingerprint density at radius 2 is 2.11 bits per heavy atom. The summed E-state index contributed by atoms with van der Waals surface area (Å²) in [5.74, 6) is -0.530. The van der Waals surface area contributed by atoms with Crippen LogP contribution in [0.2, 0.25) is 8.67 Å². The van der Waals surface area contributed by atoms with E-state index in [1.54, 1.807) is 18.2 Å². The molecule has 0 spiro atoms. The van der Waals surface area contributed by atoms with Gasteiger partial charge in [-0.2, -0.15) is 5.26 Å². The van der Waals surface area contributed by atoms with Gasteiger partial charge < -0.3 is 5.32 Å². The van der Waals surface area contributed by atoms with Crippen LogP contribution in [0.25, 0.3) is 0 Å². The maximum absolute atomic E-state index is 13.2. The Morgan fingerprint density at radius 1 is 1.37 bits per heavy atom. The zero-order chi connectivity index (χ0) is 14.0. The molecule has 0 fully saturated rings. The lowest BCUT2D eigenvalue weighted by molar-refractivity contribution is 0.624. The quantitative estimate of drug-likeness (QED) is 0.841. The molecule has 0 amide bonds. The van der Waals surface area contributed by atoms with Crippen molar-refractivity contribution in [1.82, 2.24) is 0 Å². The lowest BCUT2D eigenvalue weighted by Gasteiger charge is -2.15. The van der Waals surface area contributed by atoms with Gasteiger partial charge in [0.15, 0.2) is 0 Å². The van der Waals surface area contributed by atoms with E-state index in [2.05, 4.69) is 5.32 Å². The van der Waals surface area contributed by atoms with Crippen LogP contribution in [0.3, 0.4) is 0 Å². The van der Waals surface area contributed by atoms with E-state index in [0.717, 1.165) is 5.56 Å². The molecule has 1 atom stereocenters. The fourth-order valence-electron chi connectivity index (χ4n) is 1.68. The van der Waals surface area contributed by atoms with Crippen molar-refractivity contribution >= 4 is 40.2 Å². The third-order valence-electron chi connectivity index (χ3n) is 2.62.